The molecule has 1 heterocycles. The summed E-state index contributed by atoms with van der Waals surface area (Å²) in [5.41, 5.74) is 0.811. The normalized spacial score (nSPS) is 10.8. The molecule has 0 saturated heterocycles. The Kier molecular flexibility index (Phi) is 4.39. The molecule has 6 heteroatoms. The van der Waals surface area contributed by atoms with Gasteiger partial charge in [-0.05, 0) is 29.2 Å². The molecule has 0 bridgehead atoms. The van der Waals surface area contributed by atoms with Gasteiger partial charge in [-0.1, -0.05) is 36.4 Å². The van der Waals surface area contributed by atoms with Gasteiger partial charge in [-0.15, -0.1) is 0 Å². The van der Waals surface area contributed by atoms with Crippen molar-refractivity contribution in [3.63, 3.8) is 0 Å². The first-order valence-electron chi connectivity index (χ1n) is 5.12. The minimum Gasteiger partial charge on any atom is -0.392 e. The van der Waals surface area contributed by atoms with Crippen molar-refractivity contribution in [2.24, 2.45) is 0 Å². The number of aliphatic hydroxyl groups is 1. The third kappa shape index (κ3) is 3.19. The molecule has 90 valence electrons. The molecule has 0 aliphatic carbocycles. The predicted octanol–water partition coefficient (Wildman–Crippen LogP) is 3.40. The number of rotatable bonds is 4. The molecule has 2 aromatic rings. The Bertz CT molecular complexity index is 516. The minimum absolute atomic E-state index is 0.00343. The third-order valence-electron chi connectivity index (χ3n) is 2.14. The van der Waals surface area contributed by atoms with Gasteiger partial charge >= 0.3 is 0 Å². The zero-order chi connectivity index (χ0) is 12.3. The van der Waals surface area contributed by atoms with E-state index in [1.165, 1.54) is 23.3 Å². The minimum atomic E-state index is 0.00343. The van der Waals surface area contributed by atoms with Crippen molar-refractivity contribution < 1.29 is 5.11 Å². The summed E-state index contributed by atoms with van der Waals surface area (Å²) in [4.78, 5) is 5.30. The molecular weight excluding hydrogens is 276 g/mol. The van der Waals surface area contributed by atoms with E-state index in [2.05, 4.69) is 9.36 Å². The lowest BCUT2D eigenvalue weighted by molar-refractivity contribution is 0.282. The Balaban J connectivity index is 2.18. The van der Waals surface area contributed by atoms with E-state index in [1.54, 1.807) is 6.07 Å². The summed E-state index contributed by atoms with van der Waals surface area (Å²) in [6, 6.07) is 5.52. The molecule has 0 fully saturated rings. The van der Waals surface area contributed by atoms with Gasteiger partial charge in [-0.3, -0.25) is 0 Å². The van der Waals surface area contributed by atoms with Crippen LogP contribution in [0, 0.1) is 0 Å². The van der Waals surface area contributed by atoms with Crippen LogP contribution < -0.4 is 0 Å². The van der Waals surface area contributed by atoms with Gasteiger partial charge in [-0.25, -0.2) is 4.98 Å². The van der Waals surface area contributed by atoms with Gasteiger partial charge in [0.1, 0.15) is 5.82 Å². The Hall–Kier alpha value is -0.620. The smallest absolute Gasteiger partial charge is 0.174 e. The zero-order valence-corrected chi connectivity index (χ0v) is 11.6. The second-order valence-corrected chi connectivity index (χ2v) is 5.80. The summed E-state index contributed by atoms with van der Waals surface area (Å²) in [6.07, 6.45) is 0.842. The molecule has 0 aliphatic heterocycles. The summed E-state index contributed by atoms with van der Waals surface area (Å²) in [5, 5.41) is 9.63. The van der Waals surface area contributed by atoms with Gasteiger partial charge in [0.2, 0.25) is 0 Å². The van der Waals surface area contributed by atoms with Crippen LogP contribution in [-0.4, -0.2) is 14.5 Å². The molecule has 1 N–H and O–H groups in total. The largest absolute Gasteiger partial charge is 0.392 e. The molecule has 0 unspecified atom stereocenters. The molecule has 0 saturated carbocycles. The van der Waals surface area contributed by atoms with E-state index in [9.17, 15) is 0 Å². The fourth-order valence-corrected chi connectivity index (χ4v) is 3.22. The van der Waals surface area contributed by atoms with Crippen LogP contribution in [0.15, 0.2) is 27.4 Å². The maximum atomic E-state index is 8.99. The average Bonchev–Trinajstić information content (AvgIpc) is 2.79. The number of hydrogen-bond donors (Lipinski definition) is 1. The van der Waals surface area contributed by atoms with Crippen LogP contribution in [0.5, 0.6) is 0 Å². The fourth-order valence-electron chi connectivity index (χ4n) is 1.24. The highest BCUT2D eigenvalue weighted by molar-refractivity contribution is 8.01. The second kappa shape index (κ2) is 5.82. The Morgan fingerprint density at radius 2 is 2.29 bits per heavy atom. The van der Waals surface area contributed by atoms with Crippen molar-refractivity contribution in [2.75, 3.05) is 0 Å². The second-order valence-electron chi connectivity index (χ2n) is 3.36. The maximum absolute atomic E-state index is 8.99. The fraction of sp³-hybridized carbons (Fsp3) is 0.273. The van der Waals surface area contributed by atoms with Crippen LogP contribution in [0.4, 0.5) is 0 Å². The van der Waals surface area contributed by atoms with Gasteiger partial charge in [0.25, 0.3) is 0 Å². The number of hydrogen-bond acceptors (Lipinski definition) is 5. The SMILES string of the molecule is CCc1nsc(Sc2ccc(CO)cc2Cl)n1. The van der Waals surface area contributed by atoms with E-state index in [0.717, 1.165) is 27.0 Å². The lowest BCUT2D eigenvalue weighted by Gasteiger charge is -2.02. The third-order valence-corrected chi connectivity index (χ3v) is 4.43. The maximum Gasteiger partial charge on any atom is 0.174 e. The van der Waals surface area contributed by atoms with Crippen molar-refractivity contribution in [2.45, 2.75) is 29.2 Å². The average molecular weight is 287 g/mol. The van der Waals surface area contributed by atoms with E-state index in [0.29, 0.717) is 5.02 Å². The van der Waals surface area contributed by atoms with Crippen LogP contribution in [-0.2, 0) is 13.0 Å². The summed E-state index contributed by atoms with van der Waals surface area (Å²) < 4.78 is 5.11. The number of benzene rings is 1. The van der Waals surface area contributed by atoms with E-state index in [1.807, 2.05) is 19.1 Å². The summed E-state index contributed by atoms with van der Waals surface area (Å²) in [6.45, 7) is 2.03. The first kappa shape index (κ1) is 12.8. The van der Waals surface area contributed by atoms with Crippen LogP contribution >= 0.6 is 34.9 Å². The summed E-state index contributed by atoms with van der Waals surface area (Å²) >= 11 is 9.01. The molecule has 0 spiro atoms. The molecular formula is C11H11ClN2OS2. The highest BCUT2D eigenvalue weighted by Gasteiger charge is 2.08. The van der Waals surface area contributed by atoms with Crippen molar-refractivity contribution in [3.8, 4) is 0 Å². The first-order valence-corrected chi connectivity index (χ1v) is 7.09. The Labute approximate surface area is 113 Å². The van der Waals surface area contributed by atoms with E-state index in [4.69, 9.17) is 16.7 Å². The van der Waals surface area contributed by atoms with Gasteiger partial charge < -0.3 is 5.11 Å². The molecule has 2 rings (SSSR count). The topological polar surface area (TPSA) is 46.0 Å². The van der Waals surface area contributed by atoms with Crippen molar-refractivity contribution in [1.29, 1.82) is 0 Å². The molecule has 1 aromatic heterocycles. The molecule has 0 aliphatic rings. The van der Waals surface area contributed by atoms with Crippen molar-refractivity contribution in [3.05, 3.63) is 34.6 Å². The number of nitrogens with zero attached hydrogens (tertiary/aromatic N) is 2. The van der Waals surface area contributed by atoms with Crippen molar-refractivity contribution in [1.82, 2.24) is 9.36 Å². The molecule has 0 amide bonds. The molecule has 0 atom stereocenters. The molecule has 0 radical (unpaired) electrons. The van der Waals surface area contributed by atoms with Crippen LogP contribution in [0.25, 0.3) is 0 Å². The Morgan fingerprint density at radius 3 is 2.88 bits per heavy atom. The number of aryl methyl sites for hydroxylation is 1. The molecule has 1 aromatic carbocycles. The van der Waals surface area contributed by atoms with Crippen LogP contribution in [0.1, 0.15) is 18.3 Å². The van der Waals surface area contributed by atoms with Gasteiger partial charge in [0.15, 0.2) is 4.34 Å². The Morgan fingerprint density at radius 1 is 1.47 bits per heavy atom. The lowest BCUT2D eigenvalue weighted by atomic mass is 10.2. The van der Waals surface area contributed by atoms with E-state index < -0.39 is 0 Å². The standard InChI is InChI=1S/C11H11ClN2OS2/c1-2-10-13-11(17-14-10)16-9-4-3-7(6-15)5-8(9)12/h3-5,15H,2,6H2,1H3. The van der Waals surface area contributed by atoms with Crippen LogP contribution in [0.3, 0.4) is 0 Å². The lowest BCUT2D eigenvalue weighted by Crippen LogP contribution is -1.84. The first-order chi connectivity index (χ1) is 8.22. The van der Waals surface area contributed by atoms with Crippen LogP contribution in [0.2, 0.25) is 5.02 Å². The summed E-state index contributed by atoms with van der Waals surface area (Å²) in [5.74, 6) is 0.862. The molecule has 3 nitrogen and oxygen atoms in total. The van der Waals surface area contributed by atoms with E-state index >= 15 is 0 Å². The van der Waals surface area contributed by atoms with Gasteiger partial charge in [0, 0.05) is 11.3 Å². The summed E-state index contributed by atoms with van der Waals surface area (Å²) in [7, 11) is 0. The van der Waals surface area contributed by atoms with E-state index in [-0.39, 0.29) is 6.61 Å². The zero-order valence-electron chi connectivity index (χ0n) is 9.18. The highest BCUT2D eigenvalue weighted by atomic mass is 35.5. The number of aliphatic hydroxyl groups excluding tert-OH is 1. The molecule has 17 heavy (non-hydrogen) atoms. The predicted molar refractivity (Wildman–Crippen MR) is 70.8 cm³/mol. The highest BCUT2D eigenvalue weighted by Crippen LogP contribution is 2.34. The van der Waals surface area contributed by atoms with Gasteiger partial charge in [0.05, 0.1) is 11.6 Å². The number of aromatic nitrogens is 2. The monoisotopic (exact) mass is 286 g/mol. The van der Waals surface area contributed by atoms with Gasteiger partial charge in [-0.2, -0.15) is 4.37 Å². The quantitative estimate of drug-likeness (QED) is 0.936. The van der Waals surface area contributed by atoms with Crippen molar-refractivity contribution >= 4 is 34.9 Å². The number of halogens is 1.